The molecule has 1 aliphatic rings. The van der Waals surface area contributed by atoms with Gasteiger partial charge in [-0.1, -0.05) is 39.0 Å². The van der Waals surface area contributed by atoms with Crippen molar-refractivity contribution >= 4 is 0 Å². The summed E-state index contributed by atoms with van der Waals surface area (Å²) in [5, 5.41) is 8.86. The lowest BCUT2D eigenvalue weighted by Gasteiger charge is -1.99. The van der Waals surface area contributed by atoms with E-state index in [4.69, 9.17) is 9.84 Å². The molecule has 18 heavy (non-hydrogen) atoms. The summed E-state index contributed by atoms with van der Waals surface area (Å²) in [6, 6.07) is 6.91. The summed E-state index contributed by atoms with van der Waals surface area (Å²) < 4.78 is 4.86. The molecule has 1 heterocycles. The second-order valence-electron chi connectivity index (χ2n) is 4.73. The summed E-state index contributed by atoms with van der Waals surface area (Å²) in [7, 11) is 0. The highest BCUT2D eigenvalue weighted by molar-refractivity contribution is 5.22. The quantitative estimate of drug-likeness (QED) is 0.838. The van der Waals surface area contributed by atoms with Gasteiger partial charge < -0.3 is 9.84 Å². The number of hydrogen-bond acceptors (Lipinski definition) is 3. The van der Waals surface area contributed by atoms with Crippen LogP contribution in [0.5, 0.6) is 0 Å². The van der Waals surface area contributed by atoms with Crippen LogP contribution in [-0.4, -0.2) is 17.8 Å². The Balaban J connectivity index is 0.000000269. The second kappa shape index (κ2) is 7.29. The fourth-order valence-corrected chi connectivity index (χ4v) is 1.43. The van der Waals surface area contributed by atoms with Crippen LogP contribution in [0.25, 0.3) is 0 Å². The van der Waals surface area contributed by atoms with Crippen LogP contribution in [-0.2, 0) is 11.3 Å². The summed E-state index contributed by atoms with van der Waals surface area (Å²) in [5.41, 5.74) is 1.46. The van der Waals surface area contributed by atoms with Crippen LogP contribution >= 0.6 is 0 Å². The van der Waals surface area contributed by atoms with Crippen LogP contribution in [0, 0.1) is 0 Å². The van der Waals surface area contributed by atoms with Crippen molar-refractivity contribution < 1.29 is 9.84 Å². The van der Waals surface area contributed by atoms with Gasteiger partial charge in [0.2, 0.25) is 0 Å². The van der Waals surface area contributed by atoms with Crippen molar-refractivity contribution in [3.63, 3.8) is 0 Å². The molecule has 1 aromatic carbocycles. The lowest BCUT2D eigenvalue weighted by Crippen LogP contribution is -2.02. The number of rotatable bonds is 3. The Bertz CT molecular complexity index is 422. The monoisotopic (exact) mass is 250 g/mol. The summed E-state index contributed by atoms with van der Waals surface area (Å²) in [4.78, 5) is 11.3. The van der Waals surface area contributed by atoms with Gasteiger partial charge in [-0.2, -0.15) is 0 Å². The standard InChI is InChI=1S/C11H14O2.C4H8O/c1-8(2)9-3-4-10(7-12)11(13)6-5-9;1-2-4-3-5-4/h3-6,8,12H,7H2,1-2H3;4H,2-3H2,1H3. The maximum absolute atomic E-state index is 11.3. The highest BCUT2D eigenvalue weighted by Gasteiger charge is 2.18. The molecule has 0 aliphatic carbocycles. The summed E-state index contributed by atoms with van der Waals surface area (Å²) in [6.45, 7) is 7.09. The number of hydrogen-bond donors (Lipinski definition) is 1. The molecule has 1 atom stereocenters. The first kappa shape index (κ1) is 14.9. The molecule has 3 heteroatoms. The highest BCUT2D eigenvalue weighted by Crippen LogP contribution is 2.11. The fraction of sp³-hybridized carbons (Fsp3) is 0.533. The first-order chi connectivity index (χ1) is 8.58. The normalized spacial score (nSPS) is 17.1. The molecule has 0 radical (unpaired) electrons. The number of epoxide rings is 1. The van der Waals surface area contributed by atoms with E-state index in [1.165, 1.54) is 12.5 Å². The van der Waals surface area contributed by atoms with Gasteiger partial charge in [0.1, 0.15) is 0 Å². The molecule has 3 nitrogen and oxygen atoms in total. The zero-order valence-corrected chi connectivity index (χ0v) is 11.3. The van der Waals surface area contributed by atoms with Gasteiger partial charge in [0.25, 0.3) is 0 Å². The molecule has 1 aliphatic heterocycles. The van der Waals surface area contributed by atoms with E-state index in [2.05, 4.69) is 20.8 Å². The molecule has 100 valence electrons. The van der Waals surface area contributed by atoms with Crippen LogP contribution in [0.15, 0.2) is 29.1 Å². The topological polar surface area (TPSA) is 49.8 Å². The Kier molecular flexibility index (Phi) is 6.02. The Morgan fingerprint density at radius 2 is 1.94 bits per heavy atom. The molecule has 0 saturated carbocycles. The molecule has 0 aromatic heterocycles. The average molecular weight is 250 g/mol. The first-order valence-electron chi connectivity index (χ1n) is 6.44. The van der Waals surface area contributed by atoms with Gasteiger partial charge in [0, 0.05) is 5.56 Å². The first-order valence-corrected chi connectivity index (χ1v) is 6.44. The molecule has 1 aromatic rings. The highest BCUT2D eigenvalue weighted by atomic mass is 16.6. The summed E-state index contributed by atoms with van der Waals surface area (Å²) >= 11 is 0. The van der Waals surface area contributed by atoms with Crippen LogP contribution < -0.4 is 5.43 Å². The zero-order valence-electron chi connectivity index (χ0n) is 11.3. The van der Waals surface area contributed by atoms with Crippen molar-refractivity contribution in [2.75, 3.05) is 6.61 Å². The van der Waals surface area contributed by atoms with E-state index in [1.807, 2.05) is 12.1 Å². The van der Waals surface area contributed by atoms with Gasteiger partial charge >= 0.3 is 0 Å². The van der Waals surface area contributed by atoms with Gasteiger partial charge in [-0.15, -0.1) is 0 Å². The molecule has 1 N–H and O–H groups in total. The Morgan fingerprint density at radius 3 is 2.33 bits per heavy atom. The largest absolute Gasteiger partial charge is 0.392 e. The third-order valence-corrected chi connectivity index (χ3v) is 2.92. The van der Waals surface area contributed by atoms with Gasteiger partial charge in [-0.25, -0.2) is 0 Å². The molecular weight excluding hydrogens is 228 g/mol. The summed E-state index contributed by atoms with van der Waals surface area (Å²) in [5.74, 6) is 0.401. The van der Waals surface area contributed by atoms with Crippen LogP contribution in [0.2, 0.25) is 0 Å². The Morgan fingerprint density at radius 1 is 1.33 bits per heavy atom. The molecule has 0 amide bonds. The smallest absolute Gasteiger partial charge is 0.184 e. The molecular formula is C15H22O3. The second-order valence-corrected chi connectivity index (χ2v) is 4.73. The lowest BCUT2D eigenvalue weighted by atomic mass is 10.1. The third-order valence-electron chi connectivity index (χ3n) is 2.92. The van der Waals surface area contributed by atoms with Crippen molar-refractivity contribution in [2.24, 2.45) is 0 Å². The molecule has 1 unspecified atom stereocenters. The van der Waals surface area contributed by atoms with Crippen LogP contribution in [0.1, 0.15) is 44.2 Å². The van der Waals surface area contributed by atoms with Crippen molar-refractivity contribution in [3.05, 3.63) is 45.6 Å². The minimum atomic E-state index is -0.189. The average Bonchev–Trinajstić information content (AvgIpc) is 3.16. The number of aliphatic hydroxyl groups excluding tert-OH is 1. The van der Waals surface area contributed by atoms with E-state index in [9.17, 15) is 4.79 Å². The third kappa shape index (κ3) is 4.98. The van der Waals surface area contributed by atoms with E-state index in [0.717, 1.165) is 12.2 Å². The van der Waals surface area contributed by atoms with Crippen molar-refractivity contribution in [2.45, 2.75) is 45.8 Å². The maximum atomic E-state index is 11.3. The van der Waals surface area contributed by atoms with Crippen molar-refractivity contribution in [3.8, 4) is 0 Å². The van der Waals surface area contributed by atoms with E-state index >= 15 is 0 Å². The predicted molar refractivity (Wildman–Crippen MR) is 72.8 cm³/mol. The maximum Gasteiger partial charge on any atom is 0.184 e. The van der Waals surface area contributed by atoms with Crippen molar-refractivity contribution in [1.29, 1.82) is 0 Å². The van der Waals surface area contributed by atoms with E-state index in [0.29, 0.717) is 17.6 Å². The zero-order chi connectivity index (χ0) is 13.5. The van der Waals surface area contributed by atoms with E-state index in [-0.39, 0.29) is 12.0 Å². The Hall–Kier alpha value is -1.19. The summed E-state index contributed by atoms with van der Waals surface area (Å²) in [6.07, 6.45) is 1.83. The van der Waals surface area contributed by atoms with Crippen LogP contribution in [0.4, 0.5) is 0 Å². The van der Waals surface area contributed by atoms with Crippen molar-refractivity contribution in [1.82, 2.24) is 0 Å². The lowest BCUT2D eigenvalue weighted by molar-refractivity contribution is 0.281. The van der Waals surface area contributed by atoms with Gasteiger partial charge in [-0.05, 0) is 24.0 Å². The molecule has 1 fully saturated rings. The predicted octanol–water partition coefficient (Wildman–Crippen LogP) is 2.46. The van der Waals surface area contributed by atoms with Gasteiger partial charge in [0.15, 0.2) is 5.43 Å². The van der Waals surface area contributed by atoms with Crippen LogP contribution in [0.3, 0.4) is 0 Å². The minimum Gasteiger partial charge on any atom is -0.392 e. The minimum absolute atomic E-state index is 0.102. The molecule has 0 bridgehead atoms. The number of ether oxygens (including phenoxy) is 1. The molecule has 2 rings (SSSR count). The van der Waals surface area contributed by atoms with Gasteiger partial charge in [-0.3, -0.25) is 4.79 Å². The molecule has 0 spiro atoms. The van der Waals surface area contributed by atoms with E-state index in [1.54, 1.807) is 6.07 Å². The SMILES string of the molecule is CC(C)c1ccc(CO)c(=O)cc1.CCC1CO1. The Labute approximate surface area is 108 Å². The molecule has 1 saturated heterocycles. The van der Waals surface area contributed by atoms with Gasteiger partial charge in [0.05, 0.1) is 19.3 Å². The fourth-order valence-electron chi connectivity index (χ4n) is 1.43. The number of aliphatic hydroxyl groups is 1. The van der Waals surface area contributed by atoms with E-state index < -0.39 is 0 Å².